The van der Waals surface area contributed by atoms with Gasteiger partial charge in [-0.05, 0) is 25.7 Å². The average molecular weight is 502 g/mol. The van der Waals surface area contributed by atoms with Crippen molar-refractivity contribution in [3.8, 4) is 0 Å². The van der Waals surface area contributed by atoms with Crippen molar-refractivity contribution in [1.29, 1.82) is 0 Å². The number of carbonyl (C=O) groups excluding carboxylic acids is 4. The van der Waals surface area contributed by atoms with Gasteiger partial charge in [-0.1, -0.05) is 0 Å². The maximum Gasteiger partial charge on any atom is 0.326 e. The Balaban J connectivity index is 4.97. The Kier molecular flexibility index (Phi) is 14.5. The minimum atomic E-state index is -1.28. The SMILES string of the molecule is NC(=O)CC(N)C(=O)NC(CCCN=C(N)N)C(=O)NCC(=O)NC(CCCN=C(N)N)C(=O)O. The van der Waals surface area contributed by atoms with Crippen LogP contribution in [0.3, 0.4) is 0 Å². The summed E-state index contributed by atoms with van der Waals surface area (Å²) in [6, 6.07) is -3.65. The van der Waals surface area contributed by atoms with E-state index in [1.165, 1.54) is 0 Å². The first-order chi connectivity index (χ1) is 16.3. The van der Waals surface area contributed by atoms with Crippen LogP contribution in [0, 0.1) is 0 Å². The molecular weight excluding hydrogens is 466 g/mol. The number of carboxylic acids is 1. The van der Waals surface area contributed by atoms with E-state index in [-0.39, 0.29) is 50.7 Å². The van der Waals surface area contributed by atoms with Crippen LogP contribution in [-0.2, 0) is 24.0 Å². The first kappa shape index (κ1) is 30.8. The lowest BCUT2D eigenvalue weighted by Crippen LogP contribution is -2.54. The number of amides is 4. The zero-order chi connectivity index (χ0) is 27.0. The predicted molar refractivity (Wildman–Crippen MR) is 126 cm³/mol. The monoisotopic (exact) mass is 501 g/mol. The Morgan fingerprint density at radius 2 is 1.29 bits per heavy atom. The molecule has 3 atom stereocenters. The topological polar surface area (TPSA) is 323 Å². The fraction of sp³-hybridized carbons (Fsp3) is 0.611. The molecule has 198 valence electrons. The van der Waals surface area contributed by atoms with Crippen LogP contribution in [0.4, 0.5) is 0 Å². The van der Waals surface area contributed by atoms with Crippen LogP contribution in [0.1, 0.15) is 32.1 Å². The number of nitrogens with one attached hydrogen (secondary N) is 3. The van der Waals surface area contributed by atoms with Gasteiger partial charge in [-0.2, -0.15) is 0 Å². The van der Waals surface area contributed by atoms with E-state index in [1.807, 2.05) is 0 Å². The number of carbonyl (C=O) groups is 5. The van der Waals surface area contributed by atoms with E-state index in [0.717, 1.165) is 0 Å². The second-order valence-corrected chi connectivity index (χ2v) is 7.41. The second kappa shape index (κ2) is 16.5. The highest BCUT2D eigenvalue weighted by Crippen LogP contribution is 2.01. The van der Waals surface area contributed by atoms with Gasteiger partial charge in [0.2, 0.25) is 23.6 Å². The number of rotatable bonds is 17. The Morgan fingerprint density at radius 1 is 0.771 bits per heavy atom. The highest BCUT2D eigenvalue weighted by molar-refractivity contribution is 5.93. The highest BCUT2D eigenvalue weighted by atomic mass is 16.4. The van der Waals surface area contributed by atoms with Crippen molar-refractivity contribution in [3.63, 3.8) is 0 Å². The van der Waals surface area contributed by atoms with Crippen LogP contribution in [0.2, 0.25) is 0 Å². The number of guanidine groups is 2. The van der Waals surface area contributed by atoms with Gasteiger partial charge in [0.25, 0.3) is 0 Å². The number of nitrogens with two attached hydrogens (primary N) is 6. The molecule has 0 aromatic carbocycles. The van der Waals surface area contributed by atoms with E-state index in [4.69, 9.17) is 34.4 Å². The summed E-state index contributed by atoms with van der Waals surface area (Å²) in [5.74, 6) is -4.69. The van der Waals surface area contributed by atoms with Gasteiger partial charge in [0.05, 0.1) is 19.0 Å². The number of aliphatic imine (C=N–C) groups is 2. The fourth-order valence-electron chi connectivity index (χ4n) is 2.66. The van der Waals surface area contributed by atoms with Gasteiger partial charge in [0.1, 0.15) is 12.1 Å². The van der Waals surface area contributed by atoms with Crippen molar-refractivity contribution in [2.45, 2.75) is 50.2 Å². The maximum absolute atomic E-state index is 12.6. The quantitative estimate of drug-likeness (QED) is 0.0508. The summed E-state index contributed by atoms with van der Waals surface area (Å²) in [6.45, 7) is -0.224. The Bertz CT molecular complexity index is 809. The molecule has 0 spiro atoms. The van der Waals surface area contributed by atoms with Gasteiger partial charge < -0.3 is 55.5 Å². The number of nitrogens with zero attached hydrogens (tertiary/aromatic N) is 2. The van der Waals surface area contributed by atoms with Crippen LogP contribution in [0.25, 0.3) is 0 Å². The fourth-order valence-corrected chi connectivity index (χ4v) is 2.66. The van der Waals surface area contributed by atoms with Gasteiger partial charge >= 0.3 is 5.97 Å². The molecule has 0 aromatic heterocycles. The zero-order valence-electron chi connectivity index (χ0n) is 19.2. The predicted octanol–water partition coefficient (Wildman–Crippen LogP) is -5.53. The first-order valence-electron chi connectivity index (χ1n) is 10.6. The number of hydrogen-bond acceptors (Lipinski definition) is 8. The maximum atomic E-state index is 12.6. The Morgan fingerprint density at radius 3 is 1.74 bits per heavy atom. The van der Waals surface area contributed by atoms with Gasteiger partial charge in [0, 0.05) is 13.1 Å². The van der Waals surface area contributed by atoms with E-state index >= 15 is 0 Å². The van der Waals surface area contributed by atoms with E-state index in [1.54, 1.807) is 0 Å². The minimum absolute atomic E-state index is 0.0486. The summed E-state index contributed by atoms with van der Waals surface area (Å²) >= 11 is 0. The summed E-state index contributed by atoms with van der Waals surface area (Å²) in [5.41, 5.74) is 31.5. The molecule has 0 aromatic rings. The molecule has 4 amide bonds. The molecule has 17 heteroatoms. The third-order valence-corrected chi connectivity index (χ3v) is 4.34. The molecule has 0 saturated heterocycles. The molecule has 0 heterocycles. The molecule has 0 radical (unpaired) electrons. The molecule has 17 nitrogen and oxygen atoms in total. The third-order valence-electron chi connectivity index (χ3n) is 4.34. The van der Waals surface area contributed by atoms with Crippen molar-refractivity contribution in [1.82, 2.24) is 16.0 Å². The van der Waals surface area contributed by atoms with Crippen LogP contribution in [0.5, 0.6) is 0 Å². The van der Waals surface area contributed by atoms with Gasteiger partial charge in [-0.15, -0.1) is 0 Å². The molecule has 3 unspecified atom stereocenters. The number of aliphatic carboxylic acids is 1. The minimum Gasteiger partial charge on any atom is -0.480 e. The van der Waals surface area contributed by atoms with Crippen molar-refractivity contribution >= 4 is 41.5 Å². The molecule has 0 fully saturated rings. The van der Waals surface area contributed by atoms with Crippen molar-refractivity contribution < 1.29 is 29.1 Å². The average Bonchev–Trinajstić information content (AvgIpc) is 2.74. The molecule has 0 bridgehead atoms. The molecule has 0 aliphatic rings. The lowest BCUT2D eigenvalue weighted by molar-refractivity contribution is -0.142. The zero-order valence-corrected chi connectivity index (χ0v) is 19.2. The number of carboxylic acid groups (broad SMARTS) is 1. The second-order valence-electron chi connectivity index (χ2n) is 7.41. The van der Waals surface area contributed by atoms with Gasteiger partial charge in [0.15, 0.2) is 11.9 Å². The van der Waals surface area contributed by atoms with E-state index in [0.29, 0.717) is 0 Å². The Hall–Kier alpha value is -4.15. The van der Waals surface area contributed by atoms with Gasteiger partial charge in [-0.25, -0.2) is 4.79 Å². The van der Waals surface area contributed by atoms with Crippen LogP contribution < -0.4 is 50.4 Å². The summed E-state index contributed by atoms with van der Waals surface area (Å²) in [6.07, 6.45) is 0.256. The van der Waals surface area contributed by atoms with Crippen LogP contribution in [-0.4, -0.2) is 84.4 Å². The van der Waals surface area contributed by atoms with Crippen LogP contribution in [0.15, 0.2) is 9.98 Å². The highest BCUT2D eigenvalue weighted by Gasteiger charge is 2.25. The summed E-state index contributed by atoms with van der Waals surface area (Å²) in [4.78, 5) is 66.8. The van der Waals surface area contributed by atoms with E-state index < -0.39 is 60.7 Å². The molecule has 0 rings (SSSR count). The number of hydrogen-bond donors (Lipinski definition) is 10. The molecular formula is C18H35N11O6. The molecule has 0 aliphatic heterocycles. The Labute approximate surface area is 201 Å². The first-order valence-corrected chi connectivity index (χ1v) is 10.6. The van der Waals surface area contributed by atoms with Gasteiger partial charge in [-0.3, -0.25) is 29.2 Å². The van der Waals surface area contributed by atoms with Crippen LogP contribution >= 0.6 is 0 Å². The lowest BCUT2D eigenvalue weighted by Gasteiger charge is -2.20. The van der Waals surface area contributed by atoms with Crippen molar-refractivity contribution in [2.24, 2.45) is 44.4 Å². The van der Waals surface area contributed by atoms with Crippen molar-refractivity contribution in [2.75, 3.05) is 19.6 Å². The summed E-state index contributed by atoms with van der Waals surface area (Å²) < 4.78 is 0. The molecule has 16 N–H and O–H groups in total. The molecule has 35 heavy (non-hydrogen) atoms. The standard InChI is InChI=1S/C18H35N11O6/c19-9(7-12(20)30)14(32)29-10(3-1-5-25-17(21)22)15(33)27-8-13(31)28-11(16(34)35)4-2-6-26-18(23)24/h9-11H,1-8,19H2,(H2,20,30)(H,27,33)(H,28,31)(H,29,32)(H,34,35)(H4,21,22,25)(H4,23,24,26). The molecule has 0 aliphatic carbocycles. The normalized spacial score (nSPS) is 12.8. The van der Waals surface area contributed by atoms with E-state index in [2.05, 4.69) is 25.9 Å². The number of primary amides is 1. The summed E-state index contributed by atoms with van der Waals surface area (Å²) in [5, 5.41) is 16.2. The smallest absolute Gasteiger partial charge is 0.326 e. The third kappa shape index (κ3) is 15.3. The molecule has 0 saturated carbocycles. The lowest BCUT2D eigenvalue weighted by atomic mass is 10.1. The van der Waals surface area contributed by atoms with Crippen molar-refractivity contribution in [3.05, 3.63) is 0 Å². The largest absolute Gasteiger partial charge is 0.480 e. The summed E-state index contributed by atoms with van der Waals surface area (Å²) in [7, 11) is 0. The van der Waals surface area contributed by atoms with E-state index in [9.17, 15) is 29.1 Å².